The van der Waals surface area contributed by atoms with Crippen LogP contribution in [0.15, 0.2) is 0 Å². The summed E-state index contributed by atoms with van der Waals surface area (Å²) in [6, 6.07) is -1.14. The molecule has 0 unspecified atom stereocenters. The van der Waals surface area contributed by atoms with Crippen LogP contribution in [0.3, 0.4) is 0 Å². The SMILES string of the molecule is CC(C)C(=O)N[C@H](CC(=O)O)C(N)=O. The van der Waals surface area contributed by atoms with Gasteiger partial charge in [-0.25, -0.2) is 0 Å². The lowest BCUT2D eigenvalue weighted by Gasteiger charge is -2.14. The molecule has 14 heavy (non-hydrogen) atoms. The van der Waals surface area contributed by atoms with Gasteiger partial charge >= 0.3 is 5.97 Å². The zero-order chi connectivity index (χ0) is 11.3. The van der Waals surface area contributed by atoms with Crippen LogP contribution in [0.1, 0.15) is 20.3 Å². The number of nitrogens with two attached hydrogens (primary N) is 1. The molecule has 0 rings (SSSR count). The number of aliphatic carboxylic acids is 1. The van der Waals surface area contributed by atoms with Crippen LogP contribution in [0.25, 0.3) is 0 Å². The summed E-state index contributed by atoms with van der Waals surface area (Å²) in [4.78, 5) is 32.2. The van der Waals surface area contributed by atoms with Crippen molar-refractivity contribution in [2.45, 2.75) is 26.3 Å². The molecule has 0 aliphatic carbocycles. The first-order valence-corrected chi connectivity index (χ1v) is 4.16. The van der Waals surface area contributed by atoms with Crippen LogP contribution in [0.5, 0.6) is 0 Å². The Hall–Kier alpha value is -1.59. The first kappa shape index (κ1) is 12.4. The van der Waals surface area contributed by atoms with Gasteiger partial charge in [0.1, 0.15) is 6.04 Å². The van der Waals surface area contributed by atoms with E-state index in [0.717, 1.165) is 0 Å². The fraction of sp³-hybridized carbons (Fsp3) is 0.625. The third kappa shape index (κ3) is 4.44. The molecule has 0 aliphatic heterocycles. The molecule has 0 saturated carbocycles. The van der Waals surface area contributed by atoms with E-state index in [9.17, 15) is 14.4 Å². The van der Waals surface area contributed by atoms with Gasteiger partial charge in [-0.05, 0) is 0 Å². The Kier molecular flexibility index (Phi) is 4.62. The minimum atomic E-state index is -1.18. The molecule has 6 nitrogen and oxygen atoms in total. The second-order valence-electron chi connectivity index (χ2n) is 3.22. The Morgan fingerprint density at radius 3 is 2.14 bits per heavy atom. The Balaban J connectivity index is 4.31. The van der Waals surface area contributed by atoms with Crippen LogP contribution in [-0.2, 0) is 14.4 Å². The van der Waals surface area contributed by atoms with Gasteiger partial charge in [0.25, 0.3) is 0 Å². The molecule has 0 aliphatic rings. The highest BCUT2D eigenvalue weighted by molar-refractivity contribution is 5.90. The third-order valence-electron chi connectivity index (χ3n) is 1.56. The van der Waals surface area contributed by atoms with Crippen molar-refractivity contribution in [3.05, 3.63) is 0 Å². The van der Waals surface area contributed by atoms with Crippen LogP contribution in [0.2, 0.25) is 0 Å². The van der Waals surface area contributed by atoms with Crippen molar-refractivity contribution in [1.29, 1.82) is 0 Å². The van der Waals surface area contributed by atoms with Crippen LogP contribution >= 0.6 is 0 Å². The highest BCUT2D eigenvalue weighted by atomic mass is 16.4. The molecule has 2 amide bonds. The van der Waals surface area contributed by atoms with Crippen LogP contribution in [0, 0.1) is 5.92 Å². The van der Waals surface area contributed by atoms with Gasteiger partial charge in [0.15, 0.2) is 0 Å². The van der Waals surface area contributed by atoms with Crippen molar-refractivity contribution in [1.82, 2.24) is 5.32 Å². The van der Waals surface area contributed by atoms with Gasteiger partial charge in [-0.1, -0.05) is 13.8 Å². The average Bonchev–Trinajstić information content (AvgIpc) is 2.01. The molecule has 4 N–H and O–H groups in total. The van der Waals surface area contributed by atoms with Crippen molar-refractivity contribution in [3.63, 3.8) is 0 Å². The summed E-state index contributed by atoms with van der Waals surface area (Å²) in [5.74, 6) is -2.74. The fourth-order valence-corrected chi connectivity index (χ4v) is 0.736. The lowest BCUT2D eigenvalue weighted by atomic mass is 10.1. The van der Waals surface area contributed by atoms with Gasteiger partial charge in [0.05, 0.1) is 6.42 Å². The van der Waals surface area contributed by atoms with Crippen molar-refractivity contribution < 1.29 is 19.5 Å². The van der Waals surface area contributed by atoms with Crippen molar-refractivity contribution in [2.24, 2.45) is 11.7 Å². The fourth-order valence-electron chi connectivity index (χ4n) is 0.736. The monoisotopic (exact) mass is 202 g/mol. The van der Waals surface area contributed by atoms with E-state index in [-0.39, 0.29) is 5.92 Å². The Morgan fingerprint density at radius 1 is 1.36 bits per heavy atom. The van der Waals surface area contributed by atoms with E-state index in [1.807, 2.05) is 0 Å². The highest BCUT2D eigenvalue weighted by Crippen LogP contribution is 1.96. The molecule has 1 atom stereocenters. The minimum absolute atomic E-state index is 0.314. The summed E-state index contributed by atoms with van der Waals surface area (Å²) in [5.41, 5.74) is 4.92. The smallest absolute Gasteiger partial charge is 0.305 e. The number of carboxylic acids is 1. The van der Waals surface area contributed by atoms with E-state index in [4.69, 9.17) is 10.8 Å². The van der Waals surface area contributed by atoms with Crippen LogP contribution in [0.4, 0.5) is 0 Å². The summed E-state index contributed by atoms with van der Waals surface area (Å²) in [7, 11) is 0. The number of hydrogen-bond acceptors (Lipinski definition) is 3. The Labute approximate surface area is 81.5 Å². The zero-order valence-electron chi connectivity index (χ0n) is 8.11. The zero-order valence-corrected chi connectivity index (χ0v) is 8.11. The summed E-state index contributed by atoms with van der Waals surface area (Å²) >= 11 is 0. The number of amides is 2. The average molecular weight is 202 g/mol. The molecule has 80 valence electrons. The summed E-state index contributed by atoms with van der Waals surface area (Å²) in [6.07, 6.45) is -0.492. The Bertz CT molecular complexity index is 250. The quantitative estimate of drug-likeness (QED) is 0.536. The number of hydrogen-bond donors (Lipinski definition) is 3. The van der Waals surface area contributed by atoms with Crippen LogP contribution < -0.4 is 11.1 Å². The number of rotatable bonds is 5. The summed E-state index contributed by atoms with van der Waals surface area (Å²) < 4.78 is 0. The molecular weight excluding hydrogens is 188 g/mol. The number of carbonyl (C=O) groups excluding carboxylic acids is 2. The first-order chi connectivity index (χ1) is 6.34. The second kappa shape index (κ2) is 5.21. The van der Waals surface area contributed by atoms with E-state index >= 15 is 0 Å². The lowest BCUT2D eigenvalue weighted by Crippen LogP contribution is -2.47. The largest absolute Gasteiger partial charge is 0.481 e. The third-order valence-corrected chi connectivity index (χ3v) is 1.56. The molecule has 0 fully saturated rings. The molecule has 0 heterocycles. The number of carboxylic acid groups (broad SMARTS) is 1. The second-order valence-corrected chi connectivity index (χ2v) is 3.22. The predicted molar refractivity (Wildman–Crippen MR) is 48.2 cm³/mol. The lowest BCUT2D eigenvalue weighted by molar-refractivity contribution is -0.140. The maximum atomic E-state index is 11.1. The van der Waals surface area contributed by atoms with Gasteiger partial charge in [0, 0.05) is 5.92 Å². The molecule has 0 aromatic heterocycles. The van der Waals surface area contributed by atoms with E-state index in [1.165, 1.54) is 0 Å². The molecule has 0 spiro atoms. The summed E-state index contributed by atoms with van der Waals surface area (Å²) in [6.45, 7) is 3.27. The van der Waals surface area contributed by atoms with E-state index in [0.29, 0.717) is 0 Å². The molecule has 0 bridgehead atoms. The van der Waals surface area contributed by atoms with E-state index in [2.05, 4.69) is 5.32 Å². The van der Waals surface area contributed by atoms with E-state index in [1.54, 1.807) is 13.8 Å². The van der Waals surface area contributed by atoms with Gasteiger partial charge in [-0.2, -0.15) is 0 Å². The maximum Gasteiger partial charge on any atom is 0.305 e. The maximum absolute atomic E-state index is 11.1. The molecule has 6 heteroatoms. The normalized spacial score (nSPS) is 12.2. The number of nitrogens with one attached hydrogen (secondary N) is 1. The van der Waals surface area contributed by atoms with Crippen LogP contribution in [-0.4, -0.2) is 28.9 Å². The predicted octanol–water partition coefficient (Wildman–Crippen LogP) is -0.913. The van der Waals surface area contributed by atoms with Crippen molar-refractivity contribution >= 4 is 17.8 Å². The summed E-state index contributed by atoms with van der Waals surface area (Å²) in [5, 5.41) is 10.7. The number of primary amides is 1. The van der Waals surface area contributed by atoms with Gasteiger partial charge in [-0.15, -0.1) is 0 Å². The van der Waals surface area contributed by atoms with Crippen molar-refractivity contribution in [3.8, 4) is 0 Å². The minimum Gasteiger partial charge on any atom is -0.481 e. The highest BCUT2D eigenvalue weighted by Gasteiger charge is 2.22. The molecular formula is C8H14N2O4. The molecule has 0 radical (unpaired) electrons. The standard InChI is InChI=1S/C8H14N2O4/c1-4(2)8(14)10-5(7(9)13)3-6(11)12/h4-5H,3H2,1-2H3,(H2,9,13)(H,10,14)(H,11,12)/t5-/m1/s1. The molecule has 0 aromatic rings. The van der Waals surface area contributed by atoms with Crippen molar-refractivity contribution in [2.75, 3.05) is 0 Å². The molecule has 0 saturated heterocycles. The molecule has 0 aromatic carbocycles. The topological polar surface area (TPSA) is 109 Å². The number of carbonyl (C=O) groups is 3. The van der Waals surface area contributed by atoms with E-state index < -0.39 is 30.2 Å². The van der Waals surface area contributed by atoms with Gasteiger partial charge in [-0.3, -0.25) is 14.4 Å². The van der Waals surface area contributed by atoms with Gasteiger partial charge in [0.2, 0.25) is 11.8 Å². The Morgan fingerprint density at radius 2 is 1.86 bits per heavy atom. The van der Waals surface area contributed by atoms with Gasteiger partial charge < -0.3 is 16.2 Å². The first-order valence-electron chi connectivity index (χ1n) is 4.16.